The lowest BCUT2D eigenvalue weighted by Crippen LogP contribution is -2.71. The number of ether oxygens (including phenoxy) is 15. The molecule has 98 heavy (non-hydrogen) atoms. The van der Waals surface area contributed by atoms with Gasteiger partial charge in [0.2, 0.25) is 17.7 Å². The maximum Gasteiger partial charge on any atom is 0.217 e. The molecule has 0 aromatic carbocycles. The second-order valence-corrected chi connectivity index (χ2v) is 24.7. The zero-order valence-electron chi connectivity index (χ0n) is 52.4. The minimum atomic E-state index is -2.49. The molecule has 0 bridgehead atoms. The van der Waals surface area contributed by atoms with Crippen LogP contribution in [-0.4, -0.2) is 433 Å². The van der Waals surface area contributed by atoms with Crippen LogP contribution in [0.5, 0.6) is 0 Å². The van der Waals surface area contributed by atoms with E-state index in [0.717, 1.165) is 20.8 Å². The van der Waals surface area contributed by atoms with Gasteiger partial charge in [0.05, 0.1) is 52.9 Å². The molecule has 0 unspecified atom stereocenters. The standard InChI is InChI=1S/C54H91N3O41/c1-12(64)55-23-31(72)42(18(7-61)86-47(23)83)94-48-24(56-13(2)65)32(73)44(20(9-63)90-48)96-53-41(82)45(30(71)22(93-53)11-85-51-39(80)36(77)29(70)21(92-51)10-84-50-38(79)34(75)26(67)15(4-58)87-50)97-54-46(37(78)28(69)17(6-60)89-54)98-49-25(57-14(3)66)33(74)43(19(8-62)91-49)95-52-40(81)35(76)27(68)16(5-59)88-52/h15-54,58-63,67-83H,4-11H2,1-3H3,(H,55,64)(H,56,65)(H,57,66)/t15-,16-,17-,18-,19-,20-,21-,22-,23-,24-,25-,26+,27+,28-,29-,30-,31-,32-,33-,34+,35+,36+,37+,38-,39+,40-,41+,42-,43-,44-,45+,46+,47-,48+,49+,50-,51+,52+,53+,54-/m1/s1. The third-order valence-electron chi connectivity index (χ3n) is 17.8. The van der Waals surface area contributed by atoms with Crippen LogP contribution in [0.25, 0.3) is 0 Å². The van der Waals surface area contributed by atoms with Crippen LogP contribution in [0.15, 0.2) is 0 Å². The minimum Gasteiger partial charge on any atom is -0.394 e. The van der Waals surface area contributed by atoms with Gasteiger partial charge < -0.3 is 204 Å². The quantitative estimate of drug-likeness (QED) is 0.0404. The molecule has 8 fully saturated rings. The van der Waals surface area contributed by atoms with Crippen LogP contribution >= 0.6 is 0 Å². The Balaban J connectivity index is 1.10. The van der Waals surface area contributed by atoms with Crippen molar-refractivity contribution in [1.82, 2.24) is 16.0 Å². The Labute approximate surface area is 554 Å². The van der Waals surface area contributed by atoms with E-state index in [4.69, 9.17) is 71.1 Å². The normalized spacial score (nSPS) is 49.5. The Hall–Kier alpha value is -3.11. The summed E-state index contributed by atoms with van der Waals surface area (Å²) in [4.78, 5) is 37.7. The fraction of sp³-hybridized carbons (Fsp3) is 0.944. The predicted molar refractivity (Wildman–Crippen MR) is 299 cm³/mol. The molecule has 44 nitrogen and oxygen atoms in total. The summed E-state index contributed by atoms with van der Waals surface area (Å²) in [6.45, 7) is -5.16. The number of hydrogen-bond donors (Lipinski definition) is 26. The molecule has 568 valence electrons. The Bertz CT molecular complexity index is 2510. The maximum absolute atomic E-state index is 12.8. The third-order valence-corrected chi connectivity index (χ3v) is 17.8. The van der Waals surface area contributed by atoms with Gasteiger partial charge in [-0.3, -0.25) is 14.4 Å². The smallest absolute Gasteiger partial charge is 0.217 e. The molecule has 8 aliphatic rings. The average molecular weight is 1440 g/mol. The largest absolute Gasteiger partial charge is 0.394 e. The topological polar surface area (TPSA) is 691 Å². The molecule has 0 saturated carbocycles. The first-order chi connectivity index (χ1) is 46.3. The zero-order valence-corrected chi connectivity index (χ0v) is 52.4. The van der Waals surface area contributed by atoms with Crippen molar-refractivity contribution in [2.45, 2.75) is 266 Å². The third kappa shape index (κ3) is 17.6. The first-order valence-corrected chi connectivity index (χ1v) is 31.1. The summed E-state index contributed by atoms with van der Waals surface area (Å²) in [5, 5.41) is 258. The van der Waals surface area contributed by atoms with E-state index in [0.29, 0.717) is 0 Å². The fourth-order valence-electron chi connectivity index (χ4n) is 12.5. The van der Waals surface area contributed by atoms with Gasteiger partial charge >= 0.3 is 0 Å². The summed E-state index contributed by atoms with van der Waals surface area (Å²) >= 11 is 0. The van der Waals surface area contributed by atoms with Gasteiger partial charge in [-0.2, -0.15) is 0 Å². The number of aliphatic hydroxyl groups is 23. The average Bonchev–Trinajstić information content (AvgIpc) is 0.770. The van der Waals surface area contributed by atoms with Crippen LogP contribution in [0.4, 0.5) is 0 Å². The second kappa shape index (κ2) is 35.1. The van der Waals surface area contributed by atoms with Crippen LogP contribution in [0.3, 0.4) is 0 Å². The van der Waals surface area contributed by atoms with Crippen LogP contribution in [0, 0.1) is 0 Å². The number of amides is 3. The second-order valence-electron chi connectivity index (χ2n) is 24.7. The highest BCUT2D eigenvalue weighted by Crippen LogP contribution is 2.38. The maximum atomic E-state index is 12.8. The van der Waals surface area contributed by atoms with Gasteiger partial charge in [-0.1, -0.05) is 0 Å². The highest BCUT2D eigenvalue weighted by atomic mass is 16.8. The highest BCUT2D eigenvalue weighted by molar-refractivity contribution is 5.74. The number of nitrogens with one attached hydrogen (secondary N) is 3. The molecule has 8 heterocycles. The van der Waals surface area contributed by atoms with Crippen LogP contribution in [-0.2, 0) is 85.4 Å². The lowest BCUT2D eigenvalue weighted by atomic mass is 9.93. The number of aliphatic hydroxyl groups excluding tert-OH is 23. The molecular weight excluding hydrogens is 1350 g/mol. The summed E-state index contributed by atoms with van der Waals surface area (Å²) in [7, 11) is 0. The molecule has 0 aromatic rings. The summed E-state index contributed by atoms with van der Waals surface area (Å²) in [6.07, 6.45) is -74.6. The van der Waals surface area contributed by atoms with Gasteiger partial charge in [-0.15, -0.1) is 0 Å². The number of hydrogen-bond acceptors (Lipinski definition) is 41. The Morgan fingerprint density at radius 3 is 0.980 bits per heavy atom. The molecule has 44 heteroatoms. The van der Waals surface area contributed by atoms with Crippen molar-refractivity contribution in [2.75, 3.05) is 52.9 Å². The first kappa shape index (κ1) is 80.6. The zero-order chi connectivity index (χ0) is 72.2. The van der Waals surface area contributed by atoms with E-state index in [1.807, 2.05) is 0 Å². The van der Waals surface area contributed by atoms with Crippen molar-refractivity contribution in [3.05, 3.63) is 0 Å². The van der Waals surface area contributed by atoms with Crippen LogP contribution in [0.1, 0.15) is 20.8 Å². The number of rotatable bonds is 25. The molecule has 26 N–H and O–H groups in total. The molecule has 0 aliphatic carbocycles. The van der Waals surface area contributed by atoms with Gasteiger partial charge in [-0.25, -0.2) is 0 Å². The lowest BCUT2D eigenvalue weighted by molar-refractivity contribution is -0.397. The van der Waals surface area contributed by atoms with E-state index in [1.165, 1.54) is 0 Å². The Morgan fingerprint density at radius 2 is 0.551 bits per heavy atom. The van der Waals surface area contributed by atoms with Crippen molar-refractivity contribution in [1.29, 1.82) is 0 Å². The van der Waals surface area contributed by atoms with Crippen molar-refractivity contribution in [3.8, 4) is 0 Å². The predicted octanol–water partition coefficient (Wildman–Crippen LogP) is -18.0. The summed E-state index contributed by atoms with van der Waals surface area (Å²) < 4.78 is 87.1. The Morgan fingerprint density at radius 1 is 0.265 bits per heavy atom. The van der Waals surface area contributed by atoms with Gasteiger partial charge in [0.25, 0.3) is 0 Å². The molecule has 0 aromatic heterocycles. The Kier molecular flexibility index (Phi) is 28.9. The van der Waals surface area contributed by atoms with Crippen molar-refractivity contribution in [2.24, 2.45) is 0 Å². The van der Waals surface area contributed by atoms with Crippen molar-refractivity contribution < 1.29 is 203 Å². The lowest BCUT2D eigenvalue weighted by Gasteiger charge is -2.51. The van der Waals surface area contributed by atoms with Gasteiger partial charge in [0.15, 0.2) is 50.3 Å². The monoisotopic (exact) mass is 1440 g/mol. The summed E-state index contributed by atoms with van der Waals surface area (Å²) in [5.74, 6) is -2.60. The molecule has 8 aliphatic heterocycles. The first-order valence-electron chi connectivity index (χ1n) is 31.1. The molecule has 40 atom stereocenters. The molecule has 3 amide bonds. The number of carbonyl (C=O) groups excluding carboxylic acids is 3. The van der Waals surface area contributed by atoms with Crippen molar-refractivity contribution in [3.63, 3.8) is 0 Å². The van der Waals surface area contributed by atoms with E-state index in [2.05, 4.69) is 16.0 Å². The van der Waals surface area contributed by atoms with E-state index in [-0.39, 0.29) is 0 Å². The summed E-state index contributed by atoms with van der Waals surface area (Å²) in [6, 6.07) is -5.38. The molecule has 0 radical (unpaired) electrons. The minimum absolute atomic E-state index is 0.764. The number of carbonyl (C=O) groups is 3. The SMILES string of the molecule is CC(=O)N[C@@H]1[C@@H](O)[C@H](O[C@@H]2O[C@H](CO)[C@@H](O[C@@H]3O[C@H](CO[C@H]4O[C@H](CO[C@@H]5O[C@H](CO)[C@H](O)[C@H](O)[C@H]5O)[C@@H](O)[C@H](O)[C@@H]4O)[C@@H](O)[C@H](O[C@H]4O[C@H](CO)[C@@H](O)[C@H](O)[C@@H]4O[C@@H]4O[C@H](CO)[C@@H](O[C@@H]5O[C@H](CO)[C@H](O)[C@H](O)[C@H]5O)[C@H](O)[C@H]4NC(C)=O)[C@@H]3O)[C@H](O)[C@H]2NC(C)=O)[C@@H](CO)O[C@H]1O. The summed E-state index contributed by atoms with van der Waals surface area (Å²) in [5.41, 5.74) is 0. The van der Waals surface area contributed by atoms with Gasteiger partial charge in [0.1, 0.15) is 195 Å². The highest BCUT2D eigenvalue weighted by Gasteiger charge is 2.60. The van der Waals surface area contributed by atoms with E-state index >= 15 is 0 Å². The molecule has 8 rings (SSSR count). The van der Waals surface area contributed by atoms with Crippen LogP contribution in [0.2, 0.25) is 0 Å². The van der Waals surface area contributed by atoms with E-state index in [1.54, 1.807) is 0 Å². The van der Waals surface area contributed by atoms with E-state index in [9.17, 15) is 132 Å². The molecule has 8 saturated heterocycles. The van der Waals surface area contributed by atoms with Gasteiger partial charge in [0, 0.05) is 20.8 Å². The van der Waals surface area contributed by atoms with Gasteiger partial charge in [-0.05, 0) is 0 Å². The van der Waals surface area contributed by atoms with Crippen molar-refractivity contribution >= 4 is 17.7 Å². The van der Waals surface area contributed by atoms with Crippen LogP contribution < -0.4 is 16.0 Å². The molecular formula is C54H91N3O41. The fourth-order valence-corrected chi connectivity index (χ4v) is 12.5. The molecule has 0 spiro atoms. The van der Waals surface area contributed by atoms with E-state index < -0.39 is 316 Å².